The monoisotopic (exact) mass is 412 g/mol. The number of rotatable bonds is 7. The van der Waals surface area contributed by atoms with Gasteiger partial charge in [-0.2, -0.15) is 25.7 Å². The third-order valence-corrected chi connectivity index (χ3v) is 4.65. The molecule has 3 rings (SSSR count). The first-order chi connectivity index (χ1) is 15.0. The Morgan fingerprint density at radius 1 is 0.806 bits per heavy atom. The second-order valence-electron chi connectivity index (χ2n) is 7.07. The smallest absolute Gasteiger partial charge is 0.125 e. The van der Waals surface area contributed by atoms with Crippen LogP contribution in [0.2, 0.25) is 0 Å². The van der Waals surface area contributed by atoms with Gasteiger partial charge < -0.3 is 10.0 Å². The van der Waals surface area contributed by atoms with E-state index in [1.807, 2.05) is 79.7 Å². The zero-order valence-electron chi connectivity index (χ0n) is 17.7. The maximum Gasteiger partial charge on any atom is 0.125 e. The van der Waals surface area contributed by atoms with Crippen LogP contribution in [0.5, 0.6) is 0 Å². The predicted octanol–water partition coefficient (Wildman–Crippen LogP) is 6.88. The van der Waals surface area contributed by atoms with Crippen LogP contribution in [0.3, 0.4) is 0 Å². The molecule has 0 bridgehead atoms. The summed E-state index contributed by atoms with van der Waals surface area (Å²) >= 11 is 0. The number of aliphatic hydroxyl groups excluding tert-OH is 1. The molecule has 2 unspecified atom stereocenters. The van der Waals surface area contributed by atoms with Crippen LogP contribution in [0.1, 0.15) is 19.4 Å². The molecule has 0 heterocycles. The molecule has 0 spiro atoms. The maximum absolute atomic E-state index is 10.0. The first-order valence-corrected chi connectivity index (χ1v) is 9.93. The summed E-state index contributed by atoms with van der Waals surface area (Å²) in [6.45, 7) is 5.31. The van der Waals surface area contributed by atoms with Crippen LogP contribution in [-0.4, -0.2) is 17.4 Å². The van der Waals surface area contributed by atoms with Crippen LogP contribution in [0, 0.1) is 18.3 Å². The number of aliphatic hydroxyl groups is 1. The van der Waals surface area contributed by atoms with Crippen molar-refractivity contribution >= 4 is 28.4 Å². The minimum atomic E-state index is -0.779. The van der Waals surface area contributed by atoms with Gasteiger partial charge in [0.1, 0.15) is 12.3 Å². The van der Waals surface area contributed by atoms with Crippen LogP contribution in [0.15, 0.2) is 93.3 Å². The lowest BCUT2D eigenvalue weighted by Crippen LogP contribution is -2.39. The van der Waals surface area contributed by atoms with E-state index in [4.69, 9.17) is 0 Å². The molecule has 2 atom stereocenters. The zero-order valence-corrected chi connectivity index (χ0v) is 17.7. The van der Waals surface area contributed by atoms with Crippen molar-refractivity contribution in [3.63, 3.8) is 0 Å². The van der Waals surface area contributed by atoms with Crippen molar-refractivity contribution in [3.8, 4) is 6.07 Å². The molecule has 0 fully saturated rings. The van der Waals surface area contributed by atoms with Crippen LogP contribution >= 0.6 is 0 Å². The molecule has 0 aliphatic rings. The Labute approximate surface area is 182 Å². The van der Waals surface area contributed by atoms with Crippen molar-refractivity contribution in [3.05, 3.63) is 78.4 Å². The standard InChI is InChI=1S/C24H24N6O/c1-17-15-23(30(19(3)31)18(2)16-25)13-14-24(17)29-28-22-11-9-21(10-12-22)27-26-20-7-5-4-6-8-20/h4-15,18-19,31H,1-3H3. The topological polar surface area (TPSA) is 96.7 Å². The summed E-state index contributed by atoms with van der Waals surface area (Å²) in [5.74, 6) is 0. The van der Waals surface area contributed by atoms with E-state index < -0.39 is 12.3 Å². The van der Waals surface area contributed by atoms with Gasteiger partial charge in [0, 0.05) is 5.69 Å². The summed E-state index contributed by atoms with van der Waals surface area (Å²) < 4.78 is 0. The van der Waals surface area contributed by atoms with Gasteiger partial charge in [0.25, 0.3) is 0 Å². The molecule has 0 saturated carbocycles. The van der Waals surface area contributed by atoms with E-state index in [1.54, 1.807) is 18.7 Å². The highest BCUT2D eigenvalue weighted by Crippen LogP contribution is 2.29. The van der Waals surface area contributed by atoms with Crippen LogP contribution in [0.4, 0.5) is 28.4 Å². The van der Waals surface area contributed by atoms with Gasteiger partial charge in [-0.15, -0.1) is 0 Å². The molecule has 3 aromatic rings. The highest BCUT2D eigenvalue weighted by Gasteiger charge is 2.19. The number of hydrogen-bond donors (Lipinski definition) is 1. The average molecular weight is 412 g/mol. The molecule has 156 valence electrons. The maximum atomic E-state index is 10.0. The van der Waals surface area contributed by atoms with Crippen LogP contribution in [0.25, 0.3) is 0 Å². The highest BCUT2D eigenvalue weighted by molar-refractivity contribution is 5.59. The lowest BCUT2D eigenvalue weighted by molar-refractivity contribution is 0.184. The van der Waals surface area contributed by atoms with Crippen molar-refractivity contribution < 1.29 is 5.11 Å². The minimum Gasteiger partial charge on any atom is -0.374 e. The molecule has 0 aliphatic carbocycles. The molecule has 0 radical (unpaired) electrons. The Kier molecular flexibility index (Phi) is 7.20. The van der Waals surface area contributed by atoms with Gasteiger partial charge in [-0.25, -0.2) is 0 Å². The van der Waals surface area contributed by atoms with Crippen molar-refractivity contribution in [2.24, 2.45) is 20.5 Å². The Bertz CT molecular complexity index is 1100. The second-order valence-corrected chi connectivity index (χ2v) is 7.07. The zero-order chi connectivity index (χ0) is 22.2. The SMILES string of the molecule is Cc1cc(N(C(C)O)C(C)C#N)ccc1N=Nc1ccc(N=Nc2ccccc2)cc1. The summed E-state index contributed by atoms with van der Waals surface area (Å²) in [7, 11) is 0. The van der Waals surface area contributed by atoms with E-state index in [1.165, 1.54) is 0 Å². The summed E-state index contributed by atoms with van der Waals surface area (Å²) in [4.78, 5) is 1.65. The molecular weight excluding hydrogens is 388 g/mol. The van der Waals surface area contributed by atoms with Gasteiger partial charge >= 0.3 is 0 Å². The summed E-state index contributed by atoms with van der Waals surface area (Å²) in [5.41, 5.74) is 4.59. The van der Waals surface area contributed by atoms with Crippen LogP contribution in [-0.2, 0) is 0 Å². The van der Waals surface area contributed by atoms with Gasteiger partial charge in [0.2, 0.25) is 0 Å². The molecule has 0 aliphatic heterocycles. The average Bonchev–Trinajstić information content (AvgIpc) is 2.78. The van der Waals surface area contributed by atoms with Crippen molar-refractivity contribution in [2.75, 3.05) is 4.90 Å². The van der Waals surface area contributed by atoms with Gasteiger partial charge in [-0.1, -0.05) is 18.2 Å². The highest BCUT2D eigenvalue weighted by atomic mass is 16.3. The Balaban J connectivity index is 1.71. The first-order valence-electron chi connectivity index (χ1n) is 9.93. The second kappa shape index (κ2) is 10.2. The number of azo groups is 2. The molecule has 31 heavy (non-hydrogen) atoms. The molecule has 0 amide bonds. The van der Waals surface area contributed by atoms with E-state index in [2.05, 4.69) is 26.5 Å². The number of aryl methyl sites for hydroxylation is 1. The molecule has 1 N–H and O–H groups in total. The van der Waals surface area contributed by atoms with E-state index in [9.17, 15) is 10.4 Å². The fourth-order valence-corrected chi connectivity index (χ4v) is 3.05. The van der Waals surface area contributed by atoms with E-state index in [0.717, 1.165) is 22.6 Å². The number of nitriles is 1. The third kappa shape index (κ3) is 5.81. The van der Waals surface area contributed by atoms with E-state index >= 15 is 0 Å². The lowest BCUT2D eigenvalue weighted by Gasteiger charge is -2.30. The number of hydrogen-bond acceptors (Lipinski definition) is 7. The molecule has 7 heteroatoms. The van der Waals surface area contributed by atoms with Gasteiger partial charge in [0.05, 0.1) is 28.8 Å². The van der Waals surface area contributed by atoms with Gasteiger partial charge in [-0.05, 0) is 80.9 Å². The van der Waals surface area contributed by atoms with Crippen molar-refractivity contribution in [1.82, 2.24) is 0 Å². The minimum absolute atomic E-state index is 0.454. The Morgan fingerprint density at radius 3 is 1.87 bits per heavy atom. The largest absolute Gasteiger partial charge is 0.374 e. The van der Waals surface area contributed by atoms with Crippen LogP contribution < -0.4 is 4.90 Å². The summed E-state index contributed by atoms with van der Waals surface area (Å²) in [6.07, 6.45) is -0.779. The fraction of sp³-hybridized carbons (Fsp3) is 0.208. The Morgan fingerprint density at radius 2 is 1.35 bits per heavy atom. The normalized spacial score (nSPS) is 13.3. The van der Waals surface area contributed by atoms with Gasteiger partial charge in [-0.3, -0.25) is 0 Å². The predicted molar refractivity (Wildman–Crippen MR) is 122 cm³/mol. The molecule has 7 nitrogen and oxygen atoms in total. The molecule has 0 saturated heterocycles. The molecular formula is C24H24N6O. The molecule has 3 aromatic carbocycles. The fourth-order valence-electron chi connectivity index (χ4n) is 3.05. The van der Waals surface area contributed by atoms with E-state index in [-0.39, 0.29) is 0 Å². The number of nitrogens with zero attached hydrogens (tertiary/aromatic N) is 6. The van der Waals surface area contributed by atoms with E-state index in [0.29, 0.717) is 11.4 Å². The lowest BCUT2D eigenvalue weighted by atomic mass is 10.1. The summed E-state index contributed by atoms with van der Waals surface area (Å²) in [5, 5.41) is 36.3. The first kappa shape index (κ1) is 21.8. The number of benzene rings is 3. The Hall–Kier alpha value is -3.89. The number of anilines is 1. The third-order valence-electron chi connectivity index (χ3n) is 4.65. The van der Waals surface area contributed by atoms with Crippen molar-refractivity contribution in [1.29, 1.82) is 5.26 Å². The van der Waals surface area contributed by atoms with Crippen molar-refractivity contribution in [2.45, 2.75) is 33.0 Å². The van der Waals surface area contributed by atoms with Gasteiger partial charge in [0.15, 0.2) is 0 Å². The summed E-state index contributed by atoms with van der Waals surface area (Å²) in [6, 6.07) is 24.1. The quantitative estimate of drug-likeness (QED) is 0.338. The molecule has 0 aromatic heterocycles.